The average Bonchev–Trinajstić information content (AvgIpc) is 2.65. The number of nitrogens with zero attached hydrogens (tertiary/aromatic N) is 1. The Morgan fingerprint density at radius 1 is 1.32 bits per heavy atom. The Morgan fingerprint density at radius 3 is 2.53 bits per heavy atom. The first-order valence-corrected chi connectivity index (χ1v) is 5.96. The Bertz CT molecular complexity index is 538. The summed E-state index contributed by atoms with van der Waals surface area (Å²) in [7, 11) is 0. The van der Waals surface area contributed by atoms with Gasteiger partial charge in [0.25, 0.3) is 0 Å². The van der Waals surface area contributed by atoms with Gasteiger partial charge < -0.3 is 11.1 Å². The summed E-state index contributed by atoms with van der Waals surface area (Å²) >= 11 is 0. The highest BCUT2D eigenvalue weighted by Crippen LogP contribution is 2.18. The van der Waals surface area contributed by atoms with Crippen molar-refractivity contribution in [2.75, 3.05) is 17.6 Å². The second kappa shape index (κ2) is 5.09. The molecule has 1 fully saturated rings. The molecule has 3 N–H and O–H groups in total. The number of carbonyl (C=O) groups is 3. The van der Waals surface area contributed by atoms with E-state index in [0.29, 0.717) is 11.4 Å². The van der Waals surface area contributed by atoms with E-state index in [0.717, 1.165) is 10.5 Å². The molecule has 100 valence electrons. The molecule has 2 rings (SSSR count). The molecule has 0 bridgehead atoms. The fraction of sp³-hybridized carbons (Fsp3) is 0.308. The molecule has 0 radical (unpaired) electrons. The van der Waals surface area contributed by atoms with Gasteiger partial charge in [0.1, 0.15) is 6.54 Å². The first kappa shape index (κ1) is 13.1. The molecule has 1 heterocycles. The zero-order valence-electron chi connectivity index (χ0n) is 10.6. The van der Waals surface area contributed by atoms with E-state index in [1.165, 1.54) is 0 Å². The third kappa shape index (κ3) is 2.90. The number of nitrogens with two attached hydrogens (primary N) is 1. The molecule has 1 aliphatic heterocycles. The highest BCUT2D eigenvalue weighted by Gasteiger charge is 2.30. The van der Waals surface area contributed by atoms with Crippen LogP contribution in [0.25, 0.3) is 0 Å². The van der Waals surface area contributed by atoms with E-state index in [-0.39, 0.29) is 31.2 Å². The number of imide groups is 1. The maximum absolute atomic E-state index is 11.8. The van der Waals surface area contributed by atoms with Crippen LogP contribution < -0.4 is 11.1 Å². The molecule has 19 heavy (non-hydrogen) atoms. The molecular formula is C13H15N3O3. The van der Waals surface area contributed by atoms with Crippen LogP contribution in [0.15, 0.2) is 18.2 Å². The molecule has 0 spiro atoms. The topological polar surface area (TPSA) is 92.5 Å². The smallest absolute Gasteiger partial charge is 0.244 e. The molecule has 0 unspecified atom stereocenters. The number of amides is 3. The second-order valence-corrected chi connectivity index (χ2v) is 4.50. The third-order valence-electron chi connectivity index (χ3n) is 2.98. The van der Waals surface area contributed by atoms with Crippen molar-refractivity contribution in [1.82, 2.24) is 4.90 Å². The lowest BCUT2D eigenvalue weighted by molar-refractivity contribution is -0.141. The molecule has 6 nitrogen and oxygen atoms in total. The molecule has 0 saturated carbocycles. The van der Waals surface area contributed by atoms with Gasteiger partial charge in [-0.1, -0.05) is 0 Å². The van der Waals surface area contributed by atoms with Gasteiger partial charge in [-0.25, -0.2) is 0 Å². The molecular weight excluding hydrogens is 246 g/mol. The maximum Gasteiger partial charge on any atom is 0.244 e. The van der Waals surface area contributed by atoms with Gasteiger partial charge in [0.05, 0.1) is 0 Å². The van der Waals surface area contributed by atoms with Gasteiger partial charge in [0.2, 0.25) is 17.7 Å². The van der Waals surface area contributed by atoms with Gasteiger partial charge in [-0.05, 0) is 30.7 Å². The van der Waals surface area contributed by atoms with Gasteiger partial charge in [0.15, 0.2) is 0 Å². The molecule has 1 saturated heterocycles. The minimum Gasteiger partial charge on any atom is -0.399 e. The molecule has 3 amide bonds. The van der Waals surface area contributed by atoms with Gasteiger partial charge in [-0.15, -0.1) is 0 Å². The number of benzene rings is 1. The van der Waals surface area contributed by atoms with Crippen LogP contribution in [0.2, 0.25) is 0 Å². The van der Waals surface area contributed by atoms with Crippen LogP contribution in [-0.2, 0) is 14.4 Å². The second-order valence-electron chi connectivity index (χ2n) is 4.50. The number of hydrogen-bond acceptors (Lipinski definition) is 4. The summed E-state index contributed by atoms with van der Waals surface area (Å²) < 4.78 is 0. The van der Waals surface area contributed by atoms with Crippen molar-refractivity contribution in [1.29, 1.82) is 0 Å². The summed E-state index contributed by atoms with van der Waals surface area (Å²) in [6, 6.07) is 5.10. The molecule has 6 heteroatoms. The predicted molar refractivity (Wildman–Crippen MR) is 70.2 cm³/mol. The number of likely N-dealkylation sites (tertiary alicyclic amines) is 1. The average molecular weight is 261 g/mol. The maximum atomic E-state index is 11.8. The van der Waals surface area contributed by atoms with Crippen molar-refractivity contribution in [3.05, 3.63) is 23.8 Å². The standard InChI is InChI=1S/C13H15N3O3/c1-8-6-9(14)2-3-10(8)15-11(17)7-16-12(18)4-5-13(16)19/h2-3,6H,4-5,7,14H2,1H3,(H,15,17). The molecule has 0 atom stereocenters. The zero-order chi connectivity index (χ0) is 14.0. The largest absolute Gasteiger partial charge is 0.399 e. The highest BCUT2D eigenvalue weighted by molar-refractivity contribution is 6.06. The quantitative estimate of drug-likeness (QED) is 0.617. The van der Waals surface area contributed by atoms with Crippen molar-refractivity contribution in [3.63, 3.8) is 0 Å². The molecule has 1 aromatic carbocycles. The fourth-order valence-electron chi connectivity index (χ4n) is 1.96. The lowest BCUT2D eigenvalue weighted by atomic mass is 10.2. The number of nitrogens with one attached hydrogen (secondary N) is 1. The van der Waals surface area contributed by atoms with Crippen LogP contribution in [0.1, 0.15) is 18.4 Å². The van der Waals surface area contributed by atoms with E-state index in [1.807, 2.05) is 6.92 Å². The third-order valence-corrected chi connectivity index (χ3v) is 2.98. The predicted octanol–water partition coefficient (Wildman–Crippen LogP) is 0.665. The number of rotatable bonds is 3. The van der Waals surface area contributed by atoms with Crippen LogP contribution in [-0.4, -0.2) is 29.2 Å². The molecule has 1 aliphatic rings. The van der Waals surface area contributed by atoms with E-state index >= 15 is 0 Å². The van der Waals surface area contributed by atoms with E-state index in [2.05, 4.69) is 5.32 Å². The summed E-state index contributed by atoms with van der Waals surface area (Å²) in [5, 5.41) is 2.66. The van der Waals surface area contributed by atoms with E-state index < -0.39 is 5.91 Å². The SMILES string of the molecule is Cc1cc(N)ccc1NC(=O)CN1C(=O)CCC1=O. The van der Waals surface area contributed by atoms with Crippen LogP contribution in [0, 0.1) is 6.92 Å². The van der Waals surface area contributed by atoms with E-state index in [9.17, 15) is 14.4 Å². The van der Waals surface area contributed by atoms with E-state index in [1.54, 1.807) is 18.2 Å². The number of aryl methyl sites for hydroxylation is 1. The number of hydrogen-bond donors (Lipinski definition) is 2. The van der Waals surface area contributed by atoms with E-state index in [4.69, 9.17) is 5.73 Å². The summed E-state index contributed by atoms with van der Waals surface area (Å²) in [5.41, 5.74) is 7.68. The highest BCUT2D eigenvalue weighted by atomic mass is 16.2. The van der Waals surface area contributed by atoms with Gasteiger partial charge in [-0.2, -0.15) is 0 Å². The van der Waals surface area contributed by atoms with Gasteiger partial charge in [0, 0.05) is 24.2 Å². The minimum absolute atomic E-state index is 0.188. The Morgan fingerprint density at radius 2 is 1.95 bits per heavy atom. The van der Waals surface area contributed by atoms with Crippen LogP contribution >= 0.6 is 0 Å². The number of anilines is 2. The Hall–Kier alpha value is -2.37. The zero-order valence-corrected chi connectivity index (χ0v) is 10.6. The fourth-order valence-corrected chi connectivity index (χ4v) is 1.96. The van der Waals surface area contributed by atoms with Crippen molar-refractivity contribution in [2.24, 2.45) is 0 Å². The Labute approximate surface area is 110 Å². The summed E-state index contributed by atoms with van der Waals surface area (Å²) in [4.78, 5) is 35.6. The lowest BCUT2D eigenvalue weighted by Gasteiger charge is -2.14. The lowest BCUT2D eigenvalue weighted by Crippen LogP contribution is -2.36. The minimum atomic E-state index is -0.392. The Kier molecular flexibility index (Phi) is 3.50. The monoisotopic (exact) mass is 261 g/mol. The van der Waals surface area contributed by atoms with Crippen molar-refractivity contribution < 1.29 is 14.4 Å². The van der Waals surface area contributed by atoms with Crippen molar-refractivity contribution >= 4 is 29.1 Å². The van der Waals surface area contributed by atoms with Crippen molar-refractivity contribution in [3.8, 4) is 0 Å². The molecule has 0 aromatic heterocycles. The van der Waals surface area contributed by atoms with Gasteiger partial charge in [-0.3, -0.25) is 19.3 Å². The van der Waals surface area contributed by atoms with Crippen LogP contribution in [0.3, 0.4) is 0 Å². The summed E-state index contributed by atoms with van der Waals surface area (Å²) in [6.45, 7) is 1.58. The normalized spacial score (nSPS) is 14.9. The summed E-state index contributed by atoms with van der Waals surface area (Å²) in [6.07, 6.45) is 0.375. The Balaban J connectivity index is 2.01. The van der Waals surface area contributed by atoms with Crippen LogP contribution in [0.4, 0.5) is 11.4 Å². The first-order valence-electron chi connectivity index (χ1n) is 5.96. The van der Waals surface area contributed by atoms with Crippen LogP contribution in [0.5, 0.6) is 0 Å². The molecule has 1 aromatic rings. The van der Waals surface area contributed by atoms with Crippen molar-refractivity contribution in [2.45, 2.75) is 19.8 Å². The first-order chi connectivity index (χ1) is 8.97. The summed E-state index contributed by atoms with van der Waals surface area (Å²) in [5.74, 6) is -0.986. The number of carbonyl (C=O) groups excluding carboxylic acids is 3. The molecule has 0 aliphatic carbocycles. The number of nitrogen functional groups attached to an aromatic ring is 1. The van der Waals surface area contributed by atoms with Gasteiger partial charge >= 0.3 is 0 Å².